The Bertz CT molecular complexity index is 1050. The molecule has 0 saturated carbocycles. The smallest absolute Gasteiger partial charge is 0.249 e. The Kier molecular flexibility index (Phi) is 4.83. The summed E-state index contributed by atoms with van der Waals surface area (Å²) in [5.41, 5.74) is 3.68. The second-order valence-corrected chi connectivity index (χ2v) is 8.37. The summed E-state index contributed by atoms with van der Waals surface area (Å²) in [7, 11) is 0. The average molecular weight is 402 g/mol. The fraction of sp³-hybridized carbons (Fsp3) is 0.320. The summed E-state index contributed by atoms with van der Waals surface area (Å²) < 4.78 is 11.6. The number of ether oxygens (including phenoxy) is 1. The Labute approximate surface area is 176 Å². The minimum Gasteiger partial charge on any atom is -0.465 e. The number of rotatable bonds is 5. The Hall–Kier alpha value is -3.05. The number of hydrogen-bond acceptors (Lipinski definition) is 4. The molecule has 1 spiro atoms. The van der Waals surface area contributed by atoms with Crippen molar-refractivity contribution in [3.05, 3.63) is 89.4 Å². The molecule has 3 aromatic rings. The number of carbonyl (C=O) groups excluding carboxylic acids is 1. The lowest BCUT2D eigenvalue weighted by Gasteiger charge is -2.24. The molecule has 154 valence electrons. The van der Waals surface area contributed by atoms with Crippen LogP contribution in [0.5, 0.6) is 0 Å². The van der Waals surface area contributed by atoms with E-state index in [0.29, 0.717) is 19.6 Å². The molecule has 30 heavy (non-hydrogen) atoms. The van der Waals surface area contributed by atoms with Gasteiger partial charge in [0.2, 0.25) is 5.91 Å². The molecule has 2 atom stereocenters. The van der Waals surface area contributed by atoms with Crippen molar-refractivity contribution in [1.29, 1.82) is 0 Å². The topological polar surface area (TPSA) is 54.7 Å². The van der Waals surface area contributed by atoms with Crippen LogP contribution < -0.4 is 10.2 Å². The van der Waals surface area contributed by atoms with E-state index in [4.69, 9.17) is 9.15 Å². The van der Waals surface area contributed by atoms with Crippen molar-refractivity contribution in [3.63, 3.8) is 0 Å². The zero-order chi connectivity index (χ0) is 20.6. The number of benzene rings is 2. The summed E-state index contributed by atoms with van der Waals surface area (Å²) in [6.45, 7) is 4.56. The van der Waals surface area contributed by atoms with Gasteiger partial charge in [0.25, 0.3) is 0 Å². The lowest BCUT2D eigenvalue weighted by Crippen LogP contribution is -2.37. The third kappa shape index (κ3) is 3.50. The monoisotopic (exact) mass is 402 g/mol. The predicted molar refractivity (Wildman–Crippen MR) is 115 cm³/mol. The van der Waals surface area contributed by atoms with Gasteiger partial charge in [-0.25, -0.2) is 0 Å². The number of nitrogens with one attached hydrogen (secondary N) is 1. The Morgan fingerprint density at radius 1 is 1.10 bits per heavy atom. The number of hydrogen-bond donors (Lipinski definition) is 1. The zero-order valence-corrected chi connectivity index (χ0v) is 17.1. The van der Waals surface area contributed by atoms with E-state index in [2.05, 4.69) is 58.7 Å². The van der Waals surface area contributed by atoms with Crippen LogP contribution in [0.15, 0.2) is 71.1 Å². The van der Waals surface area contributed by atoms with E-state index in [-0.39, 0.29) is 11.3 Å². The molecule has 2 aliphatic rings. The second-order valence-electron chi connectivity index (χ2n) is 8.37. The van der Waals surface area contributed by atoms with Crippen LogP contribution >= 0.6 is 0 Å². The first-order valence-corrected chi connectivity index (χ1v) is 10.5. The van der Waals surface area contributed by atoms with Crippen molar-refractivity contribution in [2.75, 3.05) is 18.1 Å². The van der Waals surface area contributed by atoms with Gasteiger partial charge in [-0.15, -0.1) is 0 Å². The molecule has 0 aliphatic carbocycles. The van der Waals surface area contributed by atoms with Gasteiger partial charge < -0.3 is 19.4 Å². The summed E-state index contributed by atoms with van der Waals surface area (Å²) in [6.07, 6.45) is 0.254. The first-order chi connectivity index (χ1) is 14.6. The van der Waals surface area contributed by atoms with Gasteiger partial charge in [0.05, 0.1) is 13.2 Å². The van der Waals surface area contributed by atoms with Gasteiger partial charge in [-0.1, -0.05) is 48.5 Å². The van der Waals surface area contributed by atoms with Crippen molar-refractivity contribution < 1.29 is 13.9 Å². The van der Waals surface area contributed by atoms with Crippen LogP contribution in [0.1, 0.15) is 29.1 Å². The highest BCUT2D eigenvalue weighted by Crippen LogP contribution is 2.47. The number of para-hydroxylation sites is 1. The third-order valence-electron chi connectivity index (χ3n) is 6.19. The van der Waals surface area contributed by atoms with Gasteiger partial charge in [0.1, 0.15) is 17.6 Å². The van der Waals surface area contributed by atoms with E-state index >= 15 is 0 Å². The van der Waals surface area contributed by atoms with Crippen LogP contribution in [0, 0.1) is 6.92 Å². The van der Waals surface area contributed by atoms with Gasteiger partial charge in [-0.05, 0) is 42.7 Å². The van der Waals surface area contributed by atoms with Crippen LogP contribution in [0.3, 0.4) is 0 Å². The number of amides is 1. The van der Waals surface area contributed by atoms with E-state index in [0.717, 1.165) is 24.6 Å². The fourth-order valence-corrected chi connectivity index (χ4v) is 4.75. The number of carbonyl (C=O) groups is 1. The van der Waals surface area contributed by atoms with Crippen molar-refractivity contribution >= 4 is 11.6 Å². The lowest BCUT2D eigenvalue weighted by molar-refractivity contribution is -0.130. The zero-order valence-electron chi connectivity index (χ0n) is 17.1. The molecule has 2 aromatic carbocycles. The van der Waals surface area contributed by atoms with Crippen molar-refractivity contribution in [2.24, 2.45) is 0 Å². The molecular formula is C25H26N2O3. The minimum atomic E-state index is -0.439. The molecule has 3 heterocycles. The molecule has 5 heteroatoms. The van der Waals surface area contributed by atoms with Gasteiger partial charge >= 0.3 is 0 Å². The standard InChI is InChI=1S/C25H26N2O3/c1-18-11-12-20(30-18)14-26-24(28)23-13-25(17-29-23)16-27(15-19-7-3-2-4-8-19)22-10-6-5-9-21(22)25/h2-12,23H,13-17H2,1H3,(H,26,28). The third-order valence-corrected chi connectivity index (χ3v) is 6.19. The molecule has 2 aliphatic heterocycles. The average Bonchev–Trinajstić information content (AvgIpc) is 3.46. The van der Waals surface area contributed by atoms with Gasteiger partial charge in [-0.2, -0.15) is 0 Å². The number of furan rings is 1. The van der Waals surface area contributed by atoms with E-state index in [1.165, 1.54) is 16.8 Å². The highest BCUT2D eigenvalue weighted by molar-refractivity contribution is 5.81. The van der Waals surface area contributed by atoms with Crippen molar-refractivity contribution in [1.82, 2.24) is 5.32 Å². The SMILES string of the molecule is Cc1ccc(CNC(=O)C2CC3(CO2)CN(Cc2ccccc2)c2ccccc23)o1. The fourth-order valence-electron chi connectivity index (χ4n) is 4.75. The molecular weight excluding hydrogens is 376 g/mol. The summed E-state index contributed by atoms with van der Waals surface area (Å²) >= 11 is 0. The minimum absolute atomic E-state index is 0.0695. The van der Waals surface area contributed by atoms with Crippen LogP contribution in [0.4, 0.5) is 5.69 Å². The number of nitrogens with zero attached hydrogens (tertiary/aromatic N) is 1. The normalized spacial score (nSPS) is 22.4. The van der Waals surface area contributed by atoms with E-state index in [1.807, 2.05) is 25.1 Å². The maximum atomic E-state index is 12.8. The Morgan fingerprint density at radius 2 is 1.90 bits per heavy atom. The number of fused-ring (bicyclic) bond motifs is 2. The van der Waals surface area contributed by atoms with Crippen molar-refractivity contribution in [2.45, 2.75) is 38.0 Å². The number of aryl methyl sites for hydroxylation is 1. The largest absolute Gasteiger partial charge is 0.465 e. The van der Waals surface area contributed by atoms with Crippen LogP contribution in [0.25, 0.3) is 0 Å². The molecule has 5 nitrogen and oxygen atoms in total. The number of anilines is 1. The summed E-state index contributed by atoms with van der Waals surface area (Å²) in [4.78, 5) is 15.2. The van der Waals surface area contributed by atoms with Gasteiger partial charge in [0, 0.05) is 24.2 Å². The van der Waals surface area contributed by atoms with Gasteiger partial charge in [0.15, 0.2) is 0 Å². The van der Waals surface area contributed by atoms with Gasteiger partial charge in [-0.3, -0.25) is 4.79 Å². The molecule has 1 N–H and O–H groups in total. The molecule has 0 bridgehead atoms. The van der Waals surface area contributed by atoms with Crippen LogP contribution in [-0.2, 0) is 28.0 Å². The highest BCUT2D eigenvalue weighted by atomic mass is 16.5. The molecule has 0 radical (unpaired) electrons. The molecule has 1 fully saturated rings. The summed E-state index contributed by atoms with van der Waals surface area (Å²) in [5, 5.41) is 2.96. The van der Waals surface area contributed by atoms with Crippen LogP contribution in [-0.4, -0.2) is 25.2 Å². The predicted octanol–water partition coefficient (Wildman–Crippen LogP) is 3.95. The molecule has 1 saturated heterocycles. The van der Waals surface area contributed by atoms with Crippen molar-refractivity contribution in [3.8, 4) is 0 Å². The molecule has 1 aromatic heterocycles. The van der Waals surface area contributed by atoms with E-state index in [9.17, 15) is 4.79 Å². The second kappa shape index (κ2) is 7.65. The summed E-state index contributed by atoms with van der Waals surface area (Å²) in [5.74, 6) is 1.53. The first kappa shape index (κ1) is 18.9. The maximum absolute atomic E-state index is 12.8. The first-order valence-electron chi connectivity index (χ1n) is 10.5. The lowest BCUT2D eigenvalue weighted by atomic mass is 9.80. The molecule has 2 unspecified atom stereocenters. The molecule has 5 rings (SSSR count). The van der Waals surface area contributed by atoms with E-state index in [1.54, 1.807) is 0 Å². The maximum Gasteiger partial charge on any atom is 0.249 e. The Morgan fingerprint density at radius 3 is 2.70 bits per heavy atom. The van der Waals surface area contributed by atoms with Crippen LogP contribution in [0.2, 0.25) is 0 Å². The quantitative estimate of drug-likeness (QED) is 0.702. The molecule has 1 amide bonds. The Balaban J connectivity index is 1.30. The van der Waals surface area contributed by atoms with E-state index < -0.39 is 6.10 Å². The summed E-state index contributed by atoms with van der Waals surface area (Å²) in [6, 6.07) is 22.8. The highest BCUT2D eigenvalue weighted by Gasteiger charge is 2.50.